The lowest BCUT2D eigenvalue weighted by atomic mass is 10.0. The highest BCUT2D eigenvalue weighted by molar-refractivity contribution is 5.91. The second kappa shape index (κ2) is 8.25. The van der Waals surface area contributed by atoms with E-state index in [9.17, 15) is 9.18 Å². The molecule has 0 aromatic heterocycles. The van der Waals surface area contributed by atoms with Crippen molar-refractivity contribution in [2.24, 2.45) is 0 Å². The van der Waals surface area contributed by atoms with E-state index in [-0.39, 0.29) is 18.1 Å². The second-order valence-corrected chi connectivity index (χ2v) is 5.96. The summed E-state index contributed by atoms with van der Waals surface area (Å²) < 4.78 is 13.6. The second-order valence-electron chi connectivity index (χ2n) is 5.96. The molecule has 3 heteroatoms. The maximum Gasteiger partial charge on any atom is 0.224 e. The highest BCUT2D eigenvalue weighted by atomic mass is 19.1. The Kier molecular flexibility index (Phi) is 5.57. The van der Waals surface area contributed by atoms with Crippen LogP contribution in [0.1, 0.15) is 23.1 Å². The molecule has 0 saturated heterocycles. The van der Waals surface area contributed by atoms with Crippen molar-refractivity contribution in [1.29, 1.82) is 0 Å². The summed E-state index contributed by atoms with van der Waals surface area (Å²) in [7, 11) is 0. The SMILES string of the molecule is O=C(CCc1ccccc1F)Nc1ccccc1Cc1ccccc1. The molecule has 0 saturated carbocycles. The Labute approximate surface area is 147 Å². The van der Waals surface area contributed by atoms with Crippen LogP contribution in [0.2, 0.25) is 0 Å². The summed E-state index contributed by atoms with van der Waals surface area (Å²) in [5.74, 6) is -0.372. The average Bonchev–Trinajstić information content (AvgIpc) is 2.64. The van der Waals surface area contributed by atoms with E-state index >= 15 is 0 Å². The van der Waals surface area contributed by atoms with Crippen molar-refractivity contribution in [3.05, 3.63) is 101 Å². The lowest BCUT2D eigenvalue weighted by Crippen LogP contribution is -2.14. The Bertz CT molecular complexity index is 845. The van der Waals surface area contributed by atoms with Gasteiger partial charge < -0.3 is 5.32 Å². The zero-order chi connectivity index (χ0) is 17.5. The molecule has 0 aliphatic carbocycles. The van der Waals surface area contributed by atoms with E-state index in [0.29, 0.717) is 12.0 Å². The van der Waals surface area contributed by atoms with Gasteiger partial charge in [-0.3, -0.25) is 4.79 Å². The van der Waals surface area contributed by atoms with Crippen LogP contribution in [0, 0.1) is 5.82 Å². The number of anilines is 1. The summed E-state index contributed by atoms with van der Waals surface area (Å²) in [4.78, 5) is 12.3. The Hall–Kier alpha value is -2.94. The van der Waals surface area contributed by atoms with E-state index in [4.69, 9.17) is 0 Å². The molecule has 0 unspecified atom stereocenters. The summed E-state index contributed by atoms with van der Waals surface area (Å²) in [5, 5.41) is 2.96. The first kappa shape index (κ1) is 16.9. The number of nitrogens with one attached hydrogen (secondary N) is 1. The van der Waals surface area contributed by atoms with Gasteiger partial charge in [0.15, 0.2) is 0 Å². The lowest BCUT2D eigenvalue weighted by molar-refractivity contribution is -0.116. The number of hydrogen-bond donors (Lipinski definition) is 1. The molecule has 3 rings (SSSR count). The fraction of sp³-hybridized carbons (Fsp3) is 0.136. The van der Waals surface area contributed by atoms with E-state index in [1.54, 1.807) is 18.2 Å². The summed E-state index contributed by atoms with van der Waals surface area (Å²) in [6, 6.07) is 24.5. The van der Waals surface area contributed by atoms with Crippen LogP contribution in [0.15, 0.2) is 78.9 Å². The zero-order valence-electron chi connectivity index (χ0n) is 13.9. The molecule has 2 nitrogen and oxygen atoms in total. The minimum Gasteiger partial charge on any atom is -0.326 e. The molecule has 0 heterocycles. The predicted octanol–water partition coefficient (Wildman–Crippen LogP) is 4.99. The van der Waals surface area contributed by atoms with E-state index in [1.165, 1.54) is 11.6 Å². The number of rotatable bonds is 6. The highest BCUT2D eigenvalue weighted by Crippen LogP contribution is 2.19. The minimum absolute atomic E-state index is 0.108. The first-order chi connectivity index (χ1) is 12.2. The van der Waals surface area contributed by atoms with Gasteiger partial charge in [-0.15, -0.1) is 0 Å². The van der Waals surface area contributed by atoms with E-state index < -0.39 is 0 Å². The van der Waals surface area contributed by atoms with E-state index in [1.807, 2.05) is 42.5 Å². The molecule has 126 valence electrons. The van der Waals surface area contributed by atoms with Crippen molar-refractivity contribution in [2.45, 2.75) is 19.3 Å². The minimum atomic E-state index is -0.264. The summed E-state index contributed by atoms with van der Waals surface area (Å²) >= 11 is 0. The monoisotopic (exact) mass is 333 g/mol. The number of carbonyl (C=O) groups is 1. The van der Waals surface area contributed by atoms with Gasteiger partial charge >= 0.3 is 0 Å². The molecule has 0 radical (unpaired) electrons. The Morgan fingerprint density at radius 2 is 1.44 bits per heavy atom. The van der Waals surface area contributed by atoms with Crippen molar-refractivity contribution in [3.63, 3.8) is 0 Å². The van der Waals surface area contributed by atoms with Gasteiger partial charge in [0, 0.05) is 12.1 Å². The van der Waals surface area contributed by atoms with Gasteiger partial charge in [0.25, 0.3) is 0 Å². The van der Waals surface area contributed by atoms with Crippen LogP contribution in [0.4, 0.5) is 10.1 Å². The van der Waals surface area contributed by atoms with Gasteiger partial charge in [0.2, 0.25) is 5.91 Å². The molecule has 0 atom stereocenters. The van der Waals surface area contributed by atoms with Crippen molar-refractivity contribution >= 4 is 11.6 Å². The van der Waals surface area contributed by atoms with Crippen molar-refractivity contribution in [1.82, 2.24) is 0 Å². The molecule has 0 fully saturated rings. The molecule has 3 aromatic carbocycles. The molecular weight excluding hydrogens is 313 g/mol. The summed E-state index contributed by atoms with van der Waals surface area (Å²) in [5.41, 5.74) is 3.63. The maximum absolute atomic E-state index is 13.6. The predicted molar refractivity (Wildman–Crippen MR) is 99.0 cm³/mol. The topological polar surface area (TPSA) is 29.1 Å². The number of halogens is 1. The number of aryl methyl sites for hydroxylation is 1. The molecule has 25 heavy (non-hydrogen) atoms. The number of amides is 1. The van der Waals surface area contributed by atoms with Gasteiger partial charge in [0.1, 0.15) is 5.82 Å². The van der Waals surface area contributed by atoms with E-state index in [2.05, 4.69) is 17.4 Å². The molecule has 0 spiro atoms. The number of benzene rings is 3. The van der Waals surface area contributed by atoms with Crippen LogP contribution in [0.25, 0.3) is 0 Å². The van der Waals surface area contributed by atoms with Crippen molar-refractivity contribution in [2.75, 3.05) is 5.32 Å². The molecule has 1 N–H and O–H groups in total. The summed E-state index contributed by atoms with van der Waals surface area (Å²) in [6.07, 6.45) is 1.39. The Morgan fingerprint density at radius 1 is 0.800 bits per heavy atom. The fourth-order valence-electron chi connectivity index (χ4n) is 2.77. The molecule has 1 amide bonds. The standard InChI is InChI=1S/C22H20FNO/c23-20-12-6-4-10-18(20)14-15-22(25)24-21-13-7-5-11-19(21)16-17-8-2-1-3-9-17/h1-13H,14-16H2,(H,24,25). The highest BCUT2D eigenvalue weighted by Gasteiger charge is 2.09. The normalized spacial score (nSPS) is 10.4. The lowest BCUT2D eigenvalue weighted by Gasteiger charge is -2.11. The van der Waals surface area contributed by atoms with Crippen LogP contribution < -0.4 is 5.32 Å². The smallest absolute Gasteiger partial charge is 0.224 e. The molecule has 3 aromatic rings. The quantitative estimate of drug-likeness (QED) is 0.676. The third-order valence-corrected chi connectivity index (χ3v) is 4.11. The fourth-order valence-corrected chi connectivity index (χ4v) is 2.77. The summed E-state index contributed by atoms with van der Waals surface area (Å²) in [6.45, 7) is 0. The molecule has 0 bridgehead atoms. The first-order valence-electron chi connectivity index (χ1n) is 8.37. The molecule has 0 aliphatic rings. The van der Waals surface area contributed by atoms with Gasteiger partial charge in [-0.25, -0.2) is 4.39 Å². The van der Waals surface area contributed by atoms with Gasteiger partial charge in [-0.1, -0.05) is 66.7 Å². The van der Waals surface area contributed by atoms with Gasteiger partial charge in [-0.05, 0) is 41.7 Å². The molecule has 0 aliphatic heterocycles. The first-order valence-corrected chi connectivity index (χ1v) is 8.37. The van der Waals surface area contributed by atoms with E-state index in [0.717, 1.165) is 17.7 Å². The zero-order valence-corrected chi connectivity index (χ0v) is 13.9. The van der Waals surface area contributed by atoms with Crippen LogP contribution in [-0.2, 0) is 17.6 Å². The van der Waals surface area contributed by atoms with Crippen LogP contribution in [0.3, 0.4) is 0 Å². The van der Waals surface area contributed by atoms with Crippen molar-refractivity contribution < 1.29 is 9.18 Å². The molecular formula is C22H20FNO. The van der Waals surface area contributed by atoms with Crippen LogP contribution in [-0.4, -0.2) is 5.91 Å². The Morgan fingerprint density at radius 3 is 2.20 bits per heavy atom. The third kappa shape index (κ3) is 4.77. The van der Waals surface area contributed by atoms with Crippen LogP contribution >= 0.6 is 0 Å². The average molecular weight is 333 g/mol. The Balaban J connectivity index is 1.64. The van der Waals surface area contributed by atoms with Gasteiger partial charge in [0.05, 0.1) is 0 Å². The number of hydrogen-bond acceptors (Lipinski definition) is 1. The van der Waals surface area contributed by atoms with Crippen molar-refractivity contribution in [3.8, 4) is 0 Å². The largest absolute Gasteiger partial charge is 0.326 e. The number of carbonyl (C=O) groups excluding carboxylic acids is 1. The van der Waals surface area contributed by atoms with Gasteiger partial charge in [-0.2, -0.15) is 0 Å². The third-order valence-electron chi connectivity index (χ3n) is 4.11. The number of para-hydroxylation sites is 1. The van der Waals surface area contributed by atoms with Crippen LogP contribution in [0.5, 0.6) is 0 Å². The maximum atomic E-state index is 13.6.